The van der Waals surface area contributed by atoms with E-state index >= 15 is 0 Å². The fourth-order valence-electron chi connectivity index (χ4n) is 3.36. The number of benzene rings is 3. The van der Waals surface area contributed by atoms with Gasteiger partial charge in [0.05, 0.1) is 13.3 Å². The number of anilines is 1. The van der Waals surface area contributed by atoms with E-state index in [1.165, 1.54) is 11.8 Å². The highest BCUT2D eigenvalue weighted by Gasteiger charge is 2.10. The molecule has 0 aliphatic carbocycles. The number of ether oxygens (including phenoxy) is 2. The Balaban J connectivity index is 1.52. The van der Waals surface area contributed by atoms with Gasteiger partial charge in [0.15, 0.2) is 11.5 Å². The standard InChI is InChI=1S/C27H29N3O4/c1-18-6-5-7-22(13-18)17-34-24-11-9-21(14-25(24)33-4)16-28-30-27(32)15-26(31)29-23-10-8-19(2)12-20(23)3/h5-14,16H,15,17H2,1-4H3,(H,29,31)(H,30,32). The second kappa shape index (κ2) is 11.7. The lowest BCUT2D eigenvalue weighted by Crippen LogP contribution is -2.24. The first-order valence-corrected chi connectivity index (χ1v) is 10.9. The van der Waals surface area contributed by atoms with Crippen LogP contribution >= 0.6 is 0 Å². The van der Waals surface area contributed by atoms with E-state index in [2.05, 4.69) is 21.9 Å². The molecule has 176 valence electrons. The summed E-state index contributed by atoms with van der Waals surface area (Å²) in [6.45, 7) is 6.34. The Kier molecular flexibility index (Phi) is 8.40. The molecule has 7 heteroatoms. The molecule has 0 aromatic heterocycles. The Bertz CT molecular complexity index is 1200. The molecule has 0 radical (unpaired) electrons. The number of carbonyl (C=O) groups excluding carboxylic acids is 2. The molecular weight excluding hydrogens is 430 g/mol. The lowest BCUT2D eigenvalue weighted by Gasteiger charge is -2.11. The third-order valence-electron chi connectivity index (χ3n) is 5.04. The molecule has 3 aromatic carbocycles. The van der Waals surface area contributed by atoms with Crippen LogP contribution in [0.25, 0.3) is 0 Å². The molecule has 2 amide bonds. The van der Waals surface area contributed by atoms with Crippen LogP contribution in [0.4, 0.5) is 5.69 Å². The van der Waals surface area contributed by atoms with Crippen molar-refractivity contribution in [1.29, 1.82) is 0 Å². The van der Waals surface area contributed by atoms with Gasteiger partial charge in [-0.25, -0.2) is 5.43 Å². The fourth-order valence-corrected chi connectivity index (χ4v) is 3.36. The SMILES string of the molecule is COc1cc(C=NNC(=O)CC(=O)Nc2ccc(C)cc2C)ccc1OCc1cccc(C)c1. The van der Waals surface area contributed by atoms with Crippen LogP contribution in [-0.2, 0) is 16.2 Å². The lowest BCUT2D eigenvalue weighted by molar-refractivity contribution is -0.126. The summed E-state index contributed by atoms with van der Waals surface area (Å²) >= 11 is 0. The number of methoxy groups -OCH3 is 1. The summed E-state index contributed by atoms with van der Waals surface area (Å²) in [6, 6.07) is 19.1. The molecule has 3 rings (SSSR count). The molecular formula is C27H29N3O4. The maximum atomic E-state index is 12.1. The molecule has 2 N–H and O–H groups in total. The zero-order valence-corrected chi connectivity index (χ0v) is 19.8. The minimum Gasteiger partial charge on any atom is -0.493 e. The average Bonchev–Trinajstić information content (AvgIpc) is 2.80. The van der Waals surface area contributed by atoms with E-state index in [0.29, 0.717) is 29.4 Å². The Morgan fingerprint density at radius 3 is 2.44 bits per heavy atom. The van der Waals surface area contributed by atoms with Crippen LogP contribution < -0.4 is 20.2 Å². The van der Waals surface area contributed by atoms with Crippen LogP contribution in [0, 0.1) is 20.8 Å². The van der Waals surface area contributed by atoms with Crippen LogP contribution in [-0.4, -0.2) is 25.1 Å². The van der Waals surface area contributed by atoms with Crippen LogP contribution in [0.2, 0.25) is 0 Å². The highest BCUT2D eigenvalue weighted by molar-refractivity contribution is 6.04. The van der Waals surface area contributed by atoms with E-state index < -0.39 is 11.8 Å². The normalized spacial score (nSPS) is 10.7. The predicted molar refractivity (Wildman–Crippen MR) is 133 cm³/mol. The van der Waals surface area contributed by atoms with E-state index in [0.717, 1.165) is 16.7 Å². The van der Waals surface area contributed by atoms with Gasteiger partial charge in [-0.1, -0.05) is 47.5 Å². The van der Waals surface area contributed by atoms with Gasteiger partial charge in [-0.2, -0.15) is 5.10 Å². The zero-order valence-electron chi connectivity index (χ0n) is 19.8. The van der Waals surface area contributed by atoms with E-state index in [9.17, 15) is 9.59 Å². The Morgan fingerprint density at radius 1 is 0.912 bits per heavy atom. The first-order valence-electron chi connectivity index (χ1n) is 10.9. The van der Waals surface area contributed by atoms with Gasteiger partial charge in [0.25, 0.3) is 0 Å². The second-order valence-electron chi connectivity index (χ2n) is 8.02. The molecule has 3 aromatic rings. The number of aryl methyl sites for hydroxylation is 3. The van der Waals surface area contributed by atoms with Crippen LogP contribution in [0.15, 0.2) is 65.8 Å². The van der Waals surface area contributed by atoms with Crippen molar-refractivity contribution < 1.29 is 19.1 Å². The van der Waals surface area contributed by atoms with E-state index in [-0.39, 0.29) is 6.42 Å². The van der Waals surface area contributed by atoms with Crippen molar-refractivity contribution in [2.45, 2.75) is 33.8 Å². The van der Waals surface area contributed by atoms with Crippen molar-refractivity contribution in [3.8, 4) is 11.5 Å². The number of rotatable bonds is 9. The van der Waals surface area contributed by atoms with E-state index in [4.69, 9.17) is 9.47 Å². The second-order valence-corrected chi connectivity index (χ2v) is 8.02. The topological polar surface area (TPSA) is 89.0 Å². The quantitative estimate of drug-likeness (QED) is 0.276. The minimum atomic E-state index is -0.511. The summed E-state index contributed by atoms with van der Waals surface area (Å²) in [5.74, 6) is 0.240. The van der Waals surface area contributed by atoms with Crippen molar-refractivity contribution >= 4 is 23.7 Å². The Labute approximate surface area is 199 Å². The van der Waals surface area contributed by atoms with Gasteiger partial charge in [-0.3, -0.25) is 9.59 Å². The largest absolute Gasteiger partial charge is 0.493 e. The summed E-state index contributed by atoms with van der Waals surface area (Å²) in [6.07, 6.45) is 1.15. The Hall–Kier alpha value is -4.13. The number of hydrogen-bond donors (Lipinski definition) is 2. The van der Waals surface area contributed by atoms with Gasteiger partial charge in [-0.15, -0.1) is 0 Å². The first-order chi connectivity index (χ1) is 16.3. The highest BCUT2D eigenvalue weighted by Crippen LogP contribution is 2.28. The summed E-state index contributed by atoms with van der Waals surface area (Å²) in [4.78, 5) is 24.2. The molecule has 7 nitrogen and oxygen atoms in total. The van der Waals surface area contributed by atoms with Gasteiger partial charge in [-0.05, 0) is 61.7 Å². The van der Waals surface area contributed by atoms with E-state index in [1.807, 2.05) is 57.2 Å². The first kappa shape index (κ1) is 24.5. The van der Waals surface area contributed by atoms with Crippen LogP contribution in [0.1, 0.15) is 34.2 Å². The number of hydrogen-bond acceptors (Lipinski definition) is 5. The fraction of sp³-hybridized carbons (Fsp3) is 0.222. The summed E-state index contributed by atoms with van der Waals surface area (Å²) in [5, 5.41) is 6.68. The molecule has 0 saturated heterocycles. The molecule has 0 unspecified atom stereocenters. The number of amides is 2. The molecule has 0 spiro atoms. The maximum absolute atomic E-state index is 12.1. The van der Waals surface area contributed by atoms with Gasteiger partial charge >= 0.3 is 0 Å². The van der Waals surface area contributed by atoms with E-state index in [1.54, 1.807) is 25.3 Å². The predicted octanol–water partition coefficient (Wildman–Crippen LogP) is 4.68. The molecule has 0 bridgehead atoms. The van der Waals surface area contributed by atoms with Crippen LogP contribution in [0.5, 0.6) is 11.5 Å². The smallest absolute Gasteiger partial charge is 0.249 e. The Morgan fingerprint density at radius 2 is 1.71 bits per heavy atom. The lowest BCUT2D eigenvalue weighted by atomic mass is 10.1. The van der Waals surface area contributed by atoms with Crippen molar-refractivity contribution in [2.75, 3.05) is 12.4 Å². The summed E-state index contributed by atoms with van der Waals surface area (Å²) in [7, 11) is 1.56. The maximum Gasteiger partial charge on any atom is 0.249 e. The molecule has 0 atom stereocenters. The third kappa shape index (κ3) is 7.20. The summed E-state index contributed by atoms with van der Waals surface area (Å²) in [5.41, 5.74) is 8.04. The monoisotopic (exact) mass is 459 g/mol. The van der Waals surface area contributed by atoms with Crippen molar-refractivity contribution in [1.82, 2.24) is 5.43 Å². The van der Waals surface area contributed by atoms with Gasteiger partial charge in [0, 0.05) is 5.69 Å². The van der Waals surface area contributed by atoms with Crippen LogP contribution in [0.3, 0.4) is 0 Å². The summed E-state index contributed by atoms with van der Waals surface area (Å²) < 4.78 is 11.3. The number of carbonyl (C=O) groups is 2. The molecule has 34 heavy (non-hydrogen) atoms. The van der Waals surface area contributed by atoms with Crippen molar-refractivity contribution in [2.24, 2.45) is 5.10 Å². The molecule has 0 heterocycles. The minimum absolute atomic E-state index is 0.334. The third-order valence-corrected chi connectivity index (χ3v) is 5.04. The molecule has 0 fully saturated rings. The average molecular weight is 460 g/mol. The van der Waals surface area contributed by atoms with Crippen molar-refractivity contribution in [3.63, 3.8) is 0 Å². The molecule has 0 aliphatic rings. The molecule has 0 aliphatic heterocycles. The highest BCUT2D eigenvalue weighted by atomic mass is 16.5. The van der Waals surface area contributed by atoms with Gasteiger partial charge < -0.3 is 14.8 Å². The van der Waals surface area contributed by atoms with Gasteiger partial charge in [0.1, 0.15) is 13.0 Å². The number of nitrogens with zero attached hydrogens (tertiary/aromatic N) is 1. The van der Waals surface area contributed by atoms with Crippen molar-refractivity contribution in [3.05, 3.63) is 88.5 Å². The van der Waals surface area contributed by atoms with Gasteiger partial charge in [0.2, 0.25) is 11.8 Å². The molecule has 0 saturated carbocycles. The zero-order chi connectivity index (χ0) is 24.5. The number of nitrogens with one attached hydrogen (secondary N) is 2. The number of hydrazone groups is 1.